The molecule has 120 valence electrons. The second-order valence-electron chi connectivity index (χ2n) is 4.40. The van der Waals surface area contributed by atoms with E-state index in [1.165, 1.54) is 0 Å². The summed E-state index contributed by atoms with van der Waals surface area (Å²) in [5.41, 5.74) is -0.857. The van der Waals surface area contributed by atoms with Crippen molar-refractivity contribution in [3.05, 3.63) is 40.6 Å². The first-order valence-electron chi connectivity index (χ1n) is 6.56. The van der Waals surface area contributed by atoms with Gasteiger partial charge in [0.05, 0.1) is 6.54 Å². The molecule has 9 heteroatoms. The zero-order valence-electron chi connectivity index (χ0n) is 11.9. The Morgan fingerprint density at radius 3 is 2.64 bits per heavy atom. The summed E-state index contributed by atoms with van der Waals surface area (Å²) in [5, 5.41) is 7.40. The number of aliphatic imine (C=N–C) groups is 1. The van der Waals surface area contributed by atoms with Crippen LogP contribution >= 0.6 is 11.3 Å². The fourth-order valence-corrected chi connectivity index (χ4v) is 2.47. The van der Waals surface area contributed by atoms with E-state index < -0.39 is 11.9 Å². The van der Waals surface area contributed by atoms with Gasteiger partial charge < -0.3 is 15.2 Å². The number of nitrogens with one attached hydrogen (secondary N) is 2. The summed E-state index contributed by atoms with van der Waals surface area (Å²) in [6.07, 6.45) is -0.496. The van der Waals surface area contributed by atoms with E-state index in [-0.39, 0.29) is 6.54 Å². The van der Waals surface area contributed by atoms with Gasteiger partial charge in [0.25, 0.3) is 0 Å². The van der Waals surface area contributed by atoms with Crippen molar-refractivity contribution < 1.29 is 13.2 Å². The minimum absolute atomic E-state index is 0.198. The van der Waals surface area contributed by atoms with Crippen LogP contribution in [0.25, 0.3) is 0 Å². The lowest BCUT2D eigenvalue weighted by atomic mass is 10.5. The van der Waals surface area contributed by atoms with Crippen LogP contribution in [0.1, 0.15) is 10.7 Å². The van der Waals surface area contributed by atoms with E-state index in [0.29, 0.717) is 17.5 Å². The van der Waals surface area contributed by atoms with Gasteiger partial charge in [0.2, 0.25) is 0 Å². The molecule has 2 aromatic rings. The molecule has 0 aliphatic heterocycles. The standard InChI is InChI=1S/C13H16F3N5S/c1-17-12(18-4-7-21-5-2-3-6-21)19-8-11-20-10(9-22-11)13(14,15)16/h2-3,5-6,9H,4,7-8H2,1H3,(H2,17,18,19). The topological polar surface area (TPSA) is 54.2 Å². The zero-order chi connectivity index (χ0) is 16.0. The lowest BCUT2D eigenvalue weighted by Gasteiger charge is -2.11. The van der Waals surface area contributed by atoms with Crippen molar-refractivity contribution >= 4 is 17.3 Å². The lowest BCUT2D eigenvalue weighted by molar-refractivity contribution is -0.140. The number of aromatic nitrogens is 2. The molecule has 0 atom stereocenters. The van der Waals surface area contributed by atoms with Crippen molar-refractivity contribution in [1.29, 1.82) is 0 Å². The Morgan fingerprint density at radius 1 is 1.32 bits per heavy atom. The van der Waals surface area contributed by atoms with Crippen LogP contribution in [0, 0.1) is 0 Å². The van der Waals surface area contributed by atoms with E-state index in [0.717, 1.165) is 23.3 Å². The number of nitrogens with zero attached hydrogens (tertiary/aromatic N) is 3. The summed E-state index contributed by atoms with van der Waals surface area (Å²) in [4.78, 5) is 7.57. The van der Waals surface area contributed by atoms with Gasteiger partial charge in [-0.25, -0.2) is 4.98 Å². The maximum Gasteiger partial charge on any atom is 0.434 e. The number of rotatable bonds is 5. The molecule has 2 aromatic heterocycles. The SMILES string of the molecule is CN=C(NCCn1cccc1)NCc1nc(C(F)(F)F)cs1. The van der Waals surface area contributed by atoms with Crippen molar-refractivity contribution in [3.63, 3.8) is 0 Å². The highest BCUT2D eigenvalue weighted by Crippen LogP contribution is 2.29. The summed E-state index contributed by atoms with van der Waals surface area (Å²) in [7, 11) is 1.61. The second kappa shape index (κ2) is 7.30. The van der Waals surface area contributed by atoms with E-state index in [4.69, 9.17) is 0 Å². The van der Waals surface area contributed by atoms with Gasteiger partial charge in [-0.1, -0.05) is 0 Å². The van der Waals surface area contributed by atoms with Crippen LogP contribution in [0.15, 0.2) is 34.9 Å². The molecule has 0 aromatic carbocycles. The van der Waals surface area contributed by atoms with Crippen LogP contribution in [0.5, 0.6) is 0 Å². The van der Waals surface area contributed by atoms with E-state index in [9.17, 15) is 13.2 Å². The Bertz CT molecular complexity index is 603. The van der Waals surface area contributed by atoms with Crippen LogP contribution in [0.4, 0.5) is 13.2 Å². The van der Waals surface area contributed by atoms with Crippen LogP contribution in [0.2, 0.25) is 0 Å². The molecule has 0 fully saturated rings. The Morgan fingerprint density at radius 2 is 2.05 bits per heavy atom. The molecular formula is C13H16F3N5S. The van der Waals surface area contributed by atoms with E-state index in [1.807, 2.05) is 29.1 Å². The Kier molecular flexibility index (Phi) is 5.42. The lowest BCUT2D eigenvalue weighted by Crippen LogP contribution is -2.38. The number of thiazole rings is 1. The molecular weight excluding hydrogens is 315 g/mol. The van der Waals surface area contributed by atoms with Crippen LogP contribution in [-0.4, -0.2) is 29.1 Å². The minimum Gasteiger partial charge on any atom is -0.355 e. The molecule has 2 rings (SSSR count). The highest BCUT2D eigenvalue weighted by Gasteiger charge is 2.33. The van der Waals surface area contributed by atoms with E-state index in [1.54, 1.807) is 7.05 Å². The van der Waals surface area contributed by atoms with Gasteiger partial charge in [-0.15, -0.1) is 11.3 Å². The van der Waals surface area contributed by atoms with Crippen molar-refractivity contribution in [3.8, 4) is 0 Å². The molecule has 0 radical (unpaired) electrons. The third-order valence-electron chi connectivity index (χ3n) is 2.80. The van der Waals surface area contributed by atoms with Gasteiger partial charge in [-0.2, -0.15) is 13.2 Å². The monoisotopic (exact) mass is 331 g/mol. The predicted molar refractivity (Wildman–Crippen MR) is 79.7 cm³/mol. The maximum atomic E-state index is 12.5. The first-order chi connectivity index (χ1) is 10.5. The molecule has 0 amide bonds. The summed E-state index contributed by atoms with van der Waals surface area (Å²) < 4.78 is 39.4. The number of guanidine groups is 1. The molecule has 0 aliphatic carbocycles. The molecule has 22 heavy (non-hydrogen) atoms. The Balaban J connectivity index is 1.77. The minimum atomic E-state index is -4.40. The molecule has 2 heterocycles. The fraction of sp³-hybridized carbons (Fsp3) is 0.385. The van der Waals surface area contributed by atoms with Crippen molar-refractivity contribution in [2.24, 2.45) is 4.99 Å². The molecule has 0 spiro atoms. The summed E-state index contributed by atoms with van der Waals surface area (Å²) in [6, 6.07) is 3.88. The highest BCUT2D eigenvalue weighted by molar-refractivity contribution is 7.09. The van der Waals surface area contributed by atoms with Gasteiger partial charge >= 0.3 is 6.18 Å². The number of halogens is 3. The summed E-state index contributed by atoms with van der Waals surface area (Å²) in [6.45, 7) is 1.62. The zero-order valence-corrected chi connectivity index (χ0v) is 12.7. The molecule has 5 nitrogen and oxygen atoms in total. The molecule has 0 saturated carbocycles. The quantitative estimate of drug-likeness (QED) is 0.653. The average Bonchev–Trinajstić information content (AvgIpc) is 3.13. The molecule has 2 N–H and O–H groups in total. The highest BCUT2D eigenvalue weighted by atomic mass is 32.1. The van der Waals surface area contributed by atoms with Gasteiger partial charge in [0, 0.05) is 37.9 Å². The molecule has 0 saturated heterocycles. The Labute approximate surface area is 129 Å². The van der Waals surface area contributed by atoms with Crippen LogP contribution < -0.4 is 10.6 Å². The average molecular weight is 331 g/mol. The summed E-state index contributed by atoms with van der Waals surface area (Å²) in [5.74, 6) is 0.524. The predicted octanol–water partition coefficient (Wildman–Crippen LogP) is 2.33. The van der Waals surface area contributed by atoms with Gasteiger partial charge in [0.15, 0.2) is 11.7 Å². The van der Waals surface area contributed by atoms with Crippen LogP contribution in [-0.2, 0) is 19.3 Å². The number of hydrogen-bond acceptors (Lipinski definition) is 3. The number of alkyl halides is 3. The molecule has 0 aliphatic rings. The molecule has 0 bridgehead atoms. The van der Waals surface area contributed by atoms with E-state index in [2.05, 4.69) is 20.6 Å². The fourth-order valence-electron chi connectivity index (χ4n) is 1.72. The first-order valence-corrected chi connectivity index (χ1v) is 7.44. The Hall–Kier alpha value is -2.03. The first kappa shape index (κ1) is 16.3. The maximum absolute atomic E-state index is 12.5. The summed E-state index contributed by atoms with van der Waals surface area (Å²) >= 11 is 0.970. The molecule has 0 unspecified atom stereocenters. The second-order valence-corrected chi connectivity index (χ2v) is 5.34. The third kappa shape index (κ3) is 4.76. The van der Waals surface area contributed by atoms with Crippen molar-refractivity contribution in [2.45, 2.75) is 19.3 Å². The van der Waals surface area contributed by atoms with Crippen LogP contribution in [0.3, 0.4) is 0 Å². The van der Waals surface area contributed by atoms with Gasteiger partial charge in [-0.3, -0.25) is 4.99 Å². The van der Waals surface area contributed by atoms with Gasteiger partial charge in [-0.05, 0) is 12.1 Å². The van der Waals surface area contributed by atoms with E-state index >= 15 is 0 Å². The van der Waals surface area contributed by atoms with Gasteiger partial charge in [0.1, 0.15) is 5.01 Å². The van der Waals surface area contributed by atoms with Crippen molar-refractivity contribution in [1.82, 2.24) is 20.2 Å². The third-order valence-corrected chi connectivity index (χ3v) is 3.65. The smallest absolute Gasteiger partial charge is 0.355 e. The normalized spacial score (nSPS) is 12.5. The largest absolute Gasteiger partial charge is 0.434 e. The van der Waals surface area contributed by atoms with Crippen molar-refractivity contribution in [2.75, 3.05) is 13.6 Å². The number of hydrogen-bond donors (Lipinski definition) is 2.